The summed E-state index contributed by atoms with van der Waals surface area (Å²) in [5.74, 6) is 0.733. The normalized spacial score (nSPS) is 14.9. The van der Waals surface area contributed by atoms with Crippen molar-refractivity contribution in [1.82, 2.24) is 10.2 Å². The van der Waals surface area contributed by atoms with E-state index in [2.05, 4.69) is 46.4 Å². The number of benzene rings is 2. The Balaban J connectivity index is 1.44. The molecule has 2 aromatic rings. The van der Waals surface area contributed by atoms with Crippen molar-refractivity contribution in [3.63, 3.8) is 0 Å². The van der Waals surface area contributed by atoms with Crippen LogP contribution in [-0.2, 0) is 6.42 Å². The van der Waals surface area contributed by atoms with Crippen LogP contribution in [0.4, 0.5) is 5.69 Å². The number of amides is 1. The minimum Gasteiger partial charge on any atom is -0.491 e. The number of rotatable bonds is 7. The van der Waals surface area contributed by atoms with Gasteiger partial charge in [-0.05, 0) is 69.3 Å². The first-order valence-corrected chi connectivity index (χ1v) is 10.1. The van der Waals surface area contributed by atoms with Crippen LogP contribution in [0.15, 0.2) is 48.5 Å². The van der Waals surface area contributed by atoms with Crippen molar-refractivity contribution in [3.8, 4) is 5.75 Å². The molecule has 0 aliphatic carbocycles. The summed E-state index contributed by atoms with van der Waals surface area (Å²) in [5.41, 5.74) is 3.17. The molecule has 0 bridgehead atoms. The number of carbonyl (C=O) groups is 1. The van der Waals surface area contributed by atoms with Crippen LogP contribution in [-0.4, -0.2) is 56.7 Å². The quantitative estimate of drug-likeness (QED) is 0.800. The predicted octanol–water partition coefficient (Wildman–Crippen LogP) is 3.20. The fourth-order valence-corrected chi connectivity index (χ4v) is 3.32. The van der Waals surface area contributed by atoms with Crippen molar-refractivity contribution >= 4 is 11.6 Å². The number of likely N-dealkylation sites (N-methyl/N-ethyl adjacent to an activating group) is 1. The number of hydrogen-bond donors (Lipinski definition) is 1. The van der Waals surface area contributed by atoms with Crippen LogP contribution >= 0.6 is 0 Å². The zero-order chi connectivity index (χ0) is 19.9. The molecule has 0 radical (unpaired) electrons. The van der Waals surface area contributed by atoms with Gasteiger partial charge in [-0.15, -0.1) is 0 Å². The van der Waals surface area contributed by atoms with Crippen LogP contribution < -0.4 is 15.0 Å². The summed E-state index contributed by atoms with van der Waals surface area (Å²) >= 11 is 0. The SMILES string of the molecule is CC(C)Oc1ccc(C(=O)NCCc2ccc(N3CCN(C)CC3)cc2)cc1. The monoisotopic (exact) mass is 381 g/mol. The third-order valence-electron chi connectivity index (χ3n) is 4.99. The van der Waals surface area contributed by atoms with Crippen LogP contribution in [0.2, 0.25) is 0 Å². The van der Waals surface area contributed by atoms with E-state index in [9.17, 15) is 4.79 Å². The molecule has 28 heavy (non-hydrogen) atoms. The zero-order valence-electron chi connectivity index (χ0n) is 17.1. The first-order chi connectivity index (χ1) is 13.5. The number of nitrogens with one attached hydrogen (secondary N) is 1. The van der Waals surface area contributed by atoms with Crippen LogP contribution in [0.5, 0.6) is 5.75 Å². The topological polar surface area (TPSA) is 44.8 Å². The second-order valence-electron chi connectivity index (χ2n) is 7.65. The Morgan fingerprint density at radius 2 is 1.64 bits per heavy atom. The standard InChI is InChI=1S/C23H31N3O2/c1-18(2)28-22-10-6-20(7-11-22)23(27)24-13-12-19-4-8-21(9-5-19)26-16-14-25(3)15-17-26/h4-11,18H,12-17H2,1-3H3,(H,24,27). The van der Waals surface area contributed by atoms with Gasteiger partial charge >= 0.3 is 0 Å². The van der Waals surface area contributed by atoms with Gasteiger partial charge in [-0.25, -0.2) is 0 Å². The highest BCUT2D eigenvalue weighted by Crippen LogP contribution is 2.17. The van der Waals surface area contributed by atoms with Gasteiger partial charge in [-0.2, -0.15) is 0 Å². The summed E-state index contributed by atoms with van der Waals surface area (Å²) in [4.78, 5) is 17.1. The number of anilines is 1. The fraction of sp³-hybridized carbons (Fsp3) is 0.435. The highest BCUT2D eigenvalue weighted by molar-refractivity contribution is 5.94. The first-order valence-electron chi connectivity index (χ1n) is 10.1. The van der Waals surface area contributed by atoms with E-state index in [0.29, 0.717) is 12.1 Å². The van der Waals surface area contributed by atoms with Crippen molar-refractivity contribution in [2.75, 3.05) is 44.7 Å². The van der Waals surface area contributed by atoms with Crippen molar-refractivity contribution in [1.29, 1.82) is 0 Å². The fourth-order valence-electron chi connectivity index (χ4n) is 3.32. The Kier molecular flexibility index (Phi) is 6.93. The lowest BCUT2D eigenvalue weighted by molar-refractivity contribution is 0.0954. The van der Waals surface area contributed by atoms with Gasteiger partial charge in [0.15, 0.2) is 0 Å². The Labute approximate surface area is 168 Å². The molecule has 5 nitrogen and oxygen atoms in total. The maximum atomic E-state index is 12.3. The number of ether oxygens (including phenoxy) is 1. The first kappa shape index (κ1) is 20.2. The number of hydrogen-bond acceptors (Lipinski definition) is 4. The molecular formula is C23H31N3O2. The molecule has 1 amide bonds. The van der Waals surface area contributed by atoms with E-state index in [0.717, 1.165) is 38.3 Å². The van der Waals surface area contributed by atoms with Crippen LogP contribution in [0.1, 0.15) is 29.8 Å². The lowest BCUT2D eigenvalue weighted by Crippen LogP contribution is -2.44. The van der Waals surface area contributed by atoms with Gasteiger partial charge in [0.1, 0.15) is 5.75 Å². The number of carbonyl (C=O) groups excluding carboxylic acids is 1. The predicted molar refractivity (Wildman–Crippen MR) is 114 cm³/mol. The van der Waals surface area contributed by atoms with E-state index in [1.165, 1.54) is 11.3 Å². The van der Waals surface area contributed by atoms with E-state index in [-0.39, 0.29) is 12.0 Å². The van der Waals surface area contributed by atoms with E-state index in [1.807, 2.05) is 26.0 Å². The van der Waals surface area contributed by atoms with Gasteiger partial charge in [0.05, 0.1) is 6.10 Å². The van der Waals surface area contributed by atoms with Gasteiger partial charge in [-0.1, -0.05) is 12.1 Å². The third-order valence-corrected chi connectivity index (χ3v) is 4.99. The van der Waals surface area contributed by atoms with E-state index >= 15 is 0 Å². The van der Waals surface area contributed by atoms with Crippen molar-refractivity contribution in [2.24, 2.45) is 0 Å². The average molecular weight is 382 g/mol. The van der Waals surface area contributed by atoms with E-state index < -0.39 is 0 Å². The molecule has 3 rings (SSSR count). The molecule has 5 heteroatoms. The van der Waals surface area contributed by atoms with Crippen molar-refractivity contribution in [2.45, 2.75) is 26.4 Å². The molecule has 1 heterocycles. The molecule has 1 fully saturated rings. The molecule has 150 valence electrons. The molecule has 0 saturated carbocycles. The molecule has 1 saturated heterocycles. The molecule has 0 unspecified atom stereocenters. The van der Waals surface area contributed by atoms with Crippen molar-refractivity contribution in [3.05, 3.63) is 59.7 Å². The molecular weight excluding hydrogens is 350 g/mol. The average Bonchev–Trinajstić information content (AvgIpc) is 2.69. The largest absolute Gasteiger partial charge is 0.491 e. The third kappa shape index (κ3) is 5.73. The maximum absolute atomic E-state index is 12.3. The summed E-state index contributed by atoms with van der Waals surface area (Å²) in [6.45, 7) is 8.96. The van der Waals surface area contributed by atoms with E-state index in [4.69, 9.17) is 4.74 Å². The number of piperazine rings is 1. The lowest BCUT2D eigenvalue weighted by Gasteiger charge is -2.34. The molecule has 0 spiro atoms. The molecule has 1 aliphatic rings. The van der Waals surface area contributed by atoms with Crippen molar-refractivity contribution < 1.29 is 9.53 Å². The zero-order valence-corrected chi connectivity index (χ0v) is 17.1. The summed E-state index contributed by atoms with van der Waals surface area (Å²) in [5, 5.41) is 2.99. The summed E-state index contributed by atoms with van der Waals surface area (Å²) in [6.07, 6.45) is 0.950. The summed E-state index contributed by atoms with van der Waals surface area (Å²) < 4.78 is 5.61. The second-order valence-corrected chi connectivity index (χ2v) is 7.65. The lowest BCUT2D eigenvalue weighted by atomic mass is 10.1. The summed E-state index contributed by atoms with van der Waals surface area (Å²) in [6, 6.07) is 16.0. The van der Waals surface area contributed by atoms with Crippen LogP contribution in [0.3, 0.4) is 0 Å². The van der Waals surface area contributed by atoms with Crippen LogP contribution in [0, 0.1) is 0 Å². The number of nitrogens with zero attached hydrogens (tertiary/aromatic N) is 2. The molecule has 0 atom stereocenters. The minimum absolute atomic E-state index is 0.0508. The summed E-state index contributed by atoms with van der Waals surface area (Å²) in [7, 11) is 2.17. The molecule has 0 aromatic heterocycles. The highest BCUT2D eigenvalue weighted by Gasteiger charge is 2.14. The molecule has 1 N–H and O–H groups in total. The molecule has 2 aromatic carbocycles. The molecule has 1 aliphatic heterocycles. The Morgan fingerprint density at radius 3 is 2.25 bits per heavy atom. The van der Waals surface area contributed by atoms with Gasteiger partial charge in [0, 0.05) is 44.0 Å². The minimum atomic E-state index is -0.0508. The van der Waals surface area contributed by atoms with E-state index in [1.54, 1.807) is 12.1 Å². The smallest absolute Gasteiger partial charge is 0.251 e. The Morgan fingerprint density at radius 1 is 1.00 bits per heavy atom. The Hall–Kier alpha value is -2.53. The van der Waals surface area contributed by atoms with Gasteiger partial charge in [0.25, 0.3) is 5.91 Å². The Bertz CT molecular complexity index is 748. The van der Waals surface area contributed by atoms with Gasteiger partial charge in [0.2, 0.25) is 0 Å². The van der Waals surface area contributed by atoms with Crippen LogP contribution in [0.25, 0.3) is 0 Å². The van der Waals surface area contributed by atoms with Gasteiger partial charge < -0.3 is 19.9 Å². The highest BCUT2D eigenvalue weighted by atomic mass is 16.5. The maximum Gasteiger partial charge on any atom is 0.251 e. The second kappa shape index (κ2) is 9.60. The van der Waals surface area contributed by atoms with Gasteiger partial charge in [-0.3, -0.25) is 4.79 Å².